The molecular weight excluding hydrogens is 236 g/mol. The van der Waals surface area contributed by atoms with Crippen LogP contribution in [0.4, 0.5) is 5.13 Å². The summed E-state index contributed by atoms with van der Waals surface area (Å²) in [6.45, 7) is 4.37. The second kappa shape index (κ2) is 4.29. The molecule has 17 heavy (non-hydrogen) atoms. The van der Waals surface area contributed by atoms with E-state index in [1.165, 1.54) is 18.4 Å². The predicted molar refractivity (Wildman–Crippen MR) is 67.8 cm³/mol. The average Bonchev–Trinajstić information content (AvgIpc) is 2.69. The summed E-state index contributed by atoms with van der Waals surface area (Å²) in [5.74, 6) is 0.660. The zero-order valence-electron chi connectivity index (χ0n) is 10.4. The van der Waals surface area contributed by atoms with E-state index in [1.807, 2.05) is 5.38 Å². The topological polar surface area (TPSA) is 65.2 Å². The molecule has 94 valence electrons. The van der Waals surface area contributed by atoms with Gasteiger partial charge in [-0.15, -0.1) is 11.3 Å². The van der Waals surface area contributed by atoms with Gasteiger partial charge in [-0.1, -0.05) is 13.8 Å². The monoisotopic (exact) mass is 254 g/mol. The van der Waals surface area contributed by atoms with Gasteiger partial charge < -0.3 is 10.5 Å². The van der Waals surface area contributed by atoms with Crippen LogP contribution in [-0.4, -0.2) is 18.1 Å². The predicted octanol–water partition coefficient (Wildman–Crippen LogP) is 2.42. The van der Waals surface area contributed by atoms with Crippen LogP contribution in [0.1, 0.15) is 38.3 Å². The number of thiazole rings is 1. The smallest absolute Gasteiger partial charge is 0.305 e. The summed E-state index contributed by atoms with van der Waals surface area (Å²) < 4.78 is 4.72. The number of nitrogens with zero attached hydrogens (tertiary/aromatic N) is 1. The van der Waals surface area contributed by atoms with Crippen LogP contribution in [0.2, 0.25) is 0 Å². The molecule has 4 nitrogen and oxygen atoms in total. The van der Waals surface area contributed by atoms with Crippen molar-refractivity contribution >= 4 is 22.4 Å². The van der Waals surface area contributed by atoms with Crippen LogP contribution in [0.15, 0.2) is 5.38 Å². The van der Waals surface area contributed by atoms with E-state index in [-0.39, 0.29) is 11.4 Å². The average molecular weight is 254 g/mol. The molecule has 2 N–H and O–H groups in total. The molecule has 2 rings (SSSR count). The van der Waals surface area contributed by atoms with Crippen molar-refractivity contribution in [1.29, 1.82) is 0 Å². The highest BCUT2D eigenvalue weighted by molar-refractivity contribution is 7.13. The van der Waals surface area contributed by atoms with E-state index in [1.54, 1.807) is 0 Å². The molecule has 1 fully saturated rings. The first-order valence-electron chi connectivity index (χ1n) is 5.73. The van der Waals surface area contributed by atoms with Gasteiger partial charge in [0, 0.05) is 17.7 Å². The van der Waals surface area contributed by atoms with E-state index in [4.69, 9.17) is 10.5 Å². The molecule has 0 bridgehead atoms. The Hall–Kier alpha value is -1.10. The first kappa shape index (κ1) is 12.4. The molecule has 0 saturated heterocycles. The number of hydrogen-bond donors (Lipinski definition) is 1. The first-order chi connectivity index (χ1) is 7.95. The standard InChI is InChI=1S/C12H18N2O2S/c1-12(2)7(5-10(15)16-3)4-8(12)9-6-17-11(13)14-9/h6-8H,4-5H2,1-3H3,(H2,13,14)/t7-,8+/m0/s1. The number of rotatable bonds is 3. The lowest BCUT2D eigenvalue weighted by atomic mass is 9.53. The number of esters is 1. The van der Waals surface area contributed by atoms with Gasteiger partial charge in [0.2, 0.25) is 0 Å². The van der Waals surface area contributed by atoms with Crippen LogP contribution in [0, 0.1) is 11.3 Å². The van der Waals surface area contributed by atoms with Crippen molar-refractivity contribution < 1.29 is 9.53 Å². The molecule has 1 aromatic heterocycles. The lowest BCUT2D eigenvalue weighted by Crippen LogP contribution is -2.44. The van der Waals surface area contributed by atoms with Gasteiger partial charge in [-0.25, -0.2) is 4.98 Å². The summed E-state index contributed by atoms with van der Waals surface area (Å²) in [5.41, 5.74) is 6.81. The Morgan fingerprint density at radius 3 is 2.88 bits per heavy atom. The molecule has 0 aromatic carbocycles. The van der Waals surface area contributed by atoms with E-state index >= 15 is 0 Å². The number of hydrogen-bond acceptors (Lipinski definition) is 5. The Morgan fingerprint density at radius 2 is 2.41 bits per heavy atom. The summed E-state index contributed by atoms with van der Waals surface area (Å²) in [6, 6.07) is 0. The molecule has 1 heterocycles. The Morgan fingerprint density at radius 1 is 1.71 bits per heavy atom. The zero-order chi connectivity index (χ0) is 12.6. The van der Waals surface area contributed by atoms with E-state index in [9.17, 15) is 4.79 Å². The molecule has 1 aliphatic carbocycles. The summed E-state index contributed by atoms with van der Waals surface area (Å²) in [7, 11) is 1.44. The van der Waals surface area contributed by atoms with Crippen LogP contribution >= 0.6 is 11.3 Å². The molecule has 2 atom stereocenters. The second-order valence-electron chi connectivity index (χ2n) is 5.20. The maximum Gasteiger partial charge on any atom is 0.305 e. The lowest BCUT2D eigenvalue weighted by Gasteiger charge is -2.51. The van der Waals surface area contributed by atoms with Gasteiger partial charge in [0.15, 0.2) is 5.13 Å². The van der Waals surface area contributed by atoms with E-state index in [2.05, 4.69) is 18.8 Å². The fourth-order valence-corrected chi connectivity index (χ4v) is 3.23. The van der Waals surface area contributed by atoms with Gasteiger partial charge >= 0.3 is 5.97 Å². The van der Waals surface area contributed by atoms with Gasteiger partial charge in [0.25, 0.3) is 0 Å². The molecule has 1 aromatic rings. The molecule has 1 saturated carbocycles. The van der Waals surface area contributed by atoms with E-state index in [0.717, 1.165) is 12.1 Å². The minimum atomic E-state index is -0.126. The Kier molecular flexibility index (Phi) is 3.12. The fourth-order valence-electron chi connectivity index (χ4n) is 2.61. The molecule has 0 amide bonds. The summed E-state index contributed by atoms with van der Waals surface area (Å²) in [4.78, 5) is 15.6. The van der Waals surface area contributed by atoms with Gasteiger partial charge in [0.1, 0.15) is 0 Å². The molecule has 0 spiro atoms. The first-order valence-corrected chi connectivity index (χ1v) is 6.60. The van der Waals surface area contributed by atoms with Crippen molar-refractivity contribution in [3.05, 3.63) is 11.1 Å². The van der Waals surface area contributed by atoms with Gasteiger partial charge in [0.05, 0.1) is 12.8 Å². The maximum atomic E-state index is 11.3. The molecule has 0 radical (unpaired) electrons. The zero-order valence-corrected chi connectivity index (χ0v) is 11.2. The van der Waals surface area contributed by atoms with Gasteiger partial charge in [-0.3, -0.25) is 4.79 Å². The minimum Gasteiger partial charge on any atom is -0.469 e. The number of aromatic nitrogens is 1. The fraction of sp³-hybridized carbons (Fsp3) is 0.667. The Bertz CT molecular complexity index is 428. The highest BCUT2D eigenvalue weighted by atomic mass is 32.1. The van der Waals surface area contributed by atoms with Crippen molar-refractivity contribution in [2.24, 2.45) is 11.3 Å². The molecule has 0 unspecified atom stereocenters. The highest BCUT2D eigenvalue weighted by Crippen LogP contribution is 2.58. The number of ether oxygens (including phenoxy) is 1. The number of anilines is 1. The van der Waals surface area contributed by atoms with Crippen molar-refractivity contribution in [1.82, 2.24) is 4.98 Å². The molecular formula is C12H18N2O2S. The van der Waals surface area contributed by atoms with E-state index in [0.29, 0.717) is 23.4 Å². The lowest BCUT2D eigenvalue weighted by molar-refractivity contribution is -0.145. The molecule has 0 aliphatic heterocycles. The van der Waals surface area contributed by atoms with Crippen LogP contribution in [0.3, 0.4) is 0 Å². The second-order valence-corrected chi connectivity index (χ2v) is 6.09. The van der Waals surface area contributed by atoms with Crippen LogP contribution < -0.4 is 5.73 Å². The van der Waals surface area contributed by atoms with Crippen LogP contribution in [0.25, 0.3) is 0 Å². The number of carbonyl (C=O) groups excluding carboxylic acids is 1. The normalized spacial score (nSPS) is 26.3. The summed E-state index contributed by atoms with van der Waals surface area (Å²) in [5, 5.41) is 2.64. The van der Waals surface area contributed by atoms with Crippen LogP contribution in [-0.2, 0) is 9.53 Å². The van der Waals surface area contributed by atoms with Gasteiger partial charge in [-0.2, -0.15) is 0 Å². The number of carbonyl (C=O) groups is 1. The SMILES string of the molecule is COC(=O)C[C@@H]1C[C@H](c2csc(N)n2)C1(C)C. The highest BCUT2D eigenvalue weighted by Gasteiger charge is 2.50. The Labute approximate surface area is 105 Å². The van der Waals surface area contributed by atoms with E-state index < -0.39 is 0 Å². The Balaban J connectivity index is 2.04. The minimum absolute atomic E-state index is 0.0920. The number of methoxy groups -OCH3 is 1. The summed E-state index contributed by atoms with van der Waals surface area (Å²) in [6.07, 6.45) is 1.49. The van der Waals surface area contributed by atoms with Crippen LogP contribution in [0.5, 0.6) is 0 Å². The van der Waals surface area contributed by atoms with Crippen molar-refractivity contribution in [3.63, 3.8) is 0 Å². The van der Waals surface area contributed by atoms with Crippen molar-refractivity contribution in [2.75, 3.05) is 12.8 Å². The quantitative estimate of drug-likeness (QED) is 0.841. The molecule has 1 aliphatic rings. The third-order valence-corrected chi connectivity index (χ3v) is 4.70. The molecule has 5 heteroatoms. The van der Waals surface area contributed by atoms with Crippen molar-refractivity contribution in [2.45, 2.75) is 32.6 Å². The van der Waals surface area contributed by atoms with Crippen molar-refractivity contribution in [3.8, 4) is 0 Å². The third kappa shape index (κ3) is 2.16. The number of nitrogens with two attached hydrogens (primary N) is 1. The third-order valence-electron chi connectivity index (χ3n) is 4.01. The summed E-state index contributed by atoms with van der Waals surface area (Å²) >= 11 is 1.48. The maximum absolute atomic E-state index is 11.3. The van der Waals surface area contributed by atoms with Gasteiger partial charge in [-0.05, 0) is 17.8 Å². The largest absolute Gasteiger partial charge is 0.469 e. The number of nitrogen functional groups attached to an aromatic ring is 1.